The number of para-hydroxylation sites is 2. The topological polar surface area (TPSA) is 3.24 Å². The molecule has 2 aliphatic carbocycles. The highest BCUT2D eigenvalue weighted by Crippen LogP contribution is 2.59. The molecule has 1 aliphatic heterocycles. The van der Waals surface area contributed by atoms with Gasteiger partial charge in [-0.05, 0) is 126 Å². The number of fused-ring (bicyclic) bond motifs is 8. The predicted octanol–water partition coefficient (Wildman–Crippen LogP) is 13.8. The molecule has 0 unspecified atom stereocenters. The van der Waals surface area contributed by atoms with E-state index in [0.29, 0.717) is 0 Å². The van der Waals surface area contributed by atoms with Crippen LogP contribution in [0.2, 0.25) is 0 Å². The zero-order valence-electron chi connectivity index (χ0n) is 31.1. The number of allylic oxidation sites excluding steroid dienone is 4. The van der Waals surface area contributed by atoms with E-state index in [9.17, 15) is 0 Å². The van der Waals surface area contributed by atoms with Gasteiger partial charge in [0.05, 0.1) is 11.4 Å². The van der Waals surface area contributed by atoms with Crippen LogP contribution in [0.4, 0.5) is 17.1 Å². The molecule has 0 saturated carbocycles. The van der Waals surface area contributed by atoms with E-state index < -0.39 is 0 Å². The first-order chi connectivity index (χ1) is 25.0. The van der Waals surface area contributed by atoms with Crippen LogP contribution in [0.15, 0.2) is 153 Å². The van der Waals surface area contributed by atoms with Gasteiger partial charge in [-0.1, -0.05) is 146 Å². The van der Waals surface area contributed by atoms with E-state index in [1.54, 1.807) is 0 Å². The Labute approximate surface area is 309 Å². The van der Waals surface area contributed by atoms with Crippen LogP contribution < -0.4 is 4.90 Å². The molecule has 6 aromatic carbocycles. The summed E-state index contributed by atoms with van der Waals surface area (Å²) in [7, 11) is 0. The summed E-state index contributed by atoms with van der Waals surface area (Å²) in [4.78, 5) is 2.48. The molecule has 0 spiro atoms. The van der Waals surface area contributed by atoms with E-state index in [2.05, 4.69) is 187 Å². The second-order valence-electron chi connectivity index (χ2n) is 16.3. The van der Waals surface area contributed by atoms with Crippen molar-refractivity contribution < 1.29 is 0 Å². The normalized spacial score (nSPS) is 16.6. The van der Waals surface area contributed by atoms with E-state index in [-0.39, 0.29) is 16.2 Å². The van der Waals surface area contributed by atoms with Crippen molar-refractivity contribution in [3.05, 3.63) is 192 Å². The van der Waals surface area contributed by atoms with Gasteiger partial charge < -0.3 is 4.90 Å². The third-order valence-electron chi connectivity index (χ3n) is 12.4. The van der Waals surface area contributed by atoms with Crippen LogP contribution in [-0.2, 0) is 16.2 Å². The van der Waals surface area contributed by atoms with Gasteiger partial charge in [0, 0.05) is 21.9 Å². The number of hydrogen-bond donors (Lipinski definition) is 0. The Morgan fingerprint density at radius 2 is 1.04 bits per heavy atom. The third kappa shape index (κ3) is 4.35. The minimum Gasteiger partial charge on any atom is -0.310 e. The second kappa shape index (κ2) is 11.2. The average Bonchev–Trinajstić information content (AvgIpc) is 3.52. The maximum atomic E-state index is 4.17. The van der Waals surface area contributed by atoms with Crippen molar-refractivity contribution in [2.45, 2.75) is 57.8 Å². The van der Waals surface area contributed by atoms with Crippen LogP contribution in [0, 0.1) is 0 Å². The Morgan fingerprint density at radius 1 is 0.500 bits per heavy atom. The molecule has 52 heavy (non-hydrogen) atoms. The lowest BCUT2D eigenvalue weighted by atomic mass is 9.73. The molecule has 0 N–H and O–H groups in total. The number of hydrogen-bond acceptors (Lipinski definition) is 1. The summed E-state index contributed by atoms with van der Waals surface area (Å²) in [6.45, 7) is 22.5. The van der Waals surface area contributed by atoms with Crippen LogP contribution in [0.5, 0.6) is 0 Å². The highest BCUT2D eigenvalue weighted by Gasteiger charge is 2.44. The first-order valence-electron chi connectivity index (χ1n) is 18.5. The van der Waals surface area contributed by atoms with E-state index in [1.165, 1.54) is 83.8 Å². The lowest BCUT2D eigenvalue weighted by molar-refractivity contribution is 0.631. The van der Waals surface area contributed by atoms with Gasteiger partial charge in [0.2, 0.25) is 0 Å². The van der Waals surface area contributed by atoms with E-state index in [0.717, 1.165) is 11.1 Å². The number of benzene rings is 6. The maximum Gasteiger partial charge on any atom is 0.0502 e. The van der Waals surface area contributed by atoms with Gasteiger partial charge in [0.15, 0.2) is 0 Å². The Bertz CT molecular complexity index is 2470. The molecule has 0 radical (unpaired) electrons. The molecule has 1 heterocycles. The van der Waals surface area contributed by atoms with Gasteiger partial charge >= 0.3 is 0 Å². The smallest absolute Gasteiger partial charge is 0.0502 e. The van der Waals surface area contributed by atoms with Gasteiger partial charge in [-0.3, -0.25) is 0 Å². The SMILES string of the molecule is C=C/C=C(\C=C)c1cc(-c2ccccc2)c2c(c1)-c1cc3c(cc1C2(C)C)-c1ccc(N2c4ccccc4C(C)(C)c4ccccc42)cc1C3(C)C. The predicted molar refractivity (Wildman–Crippen MR) is 222 cm³/mol. The minimum atomic E-state index is -0.194. The van der Waals surface area contributed by atoms with Crippen molar-refractivity contribution in [1.29, 1.82) is 0 Å². The van der Waals surface area contributed by atoms with Crippen molar-refractivity contribution in [3.8, 4) is 33.4 Å². The fourth-order valence-electron chi connectivity index (χ4n) is 9.68. The molecular formula is C51H45N. The Hall–Kier alpha value is -5.66. The summed E-state index contributed by atoms with van der Waals surface area (Å²) in [5.41, 5.74) is 21.6. The Morgan fingerprint density at radius 3 is 1.67 bits per heavy atom. The molecule has 3 aliphatic rings. The fourth-order valence-corrected chi connectivity index (χ4v) is 9.68. The summed E-state index contributed by atoms with van der Waals surface area (Å²) in [5.74, 6) is 0. The maximum absolute atomic E-state index is 4.17. The van der Waals surface area contributed by atoms with Crippen molar-refractivity contribution in [2.24, 2.45) is 0 Å². The van der Waals surface area contributed by atoms with Gasteiger partial charge in [-0.2, -0.15) is 0 Å². The quantitative estimate of drug-likeness (QED) is 0.165. The molecular weight excluding hydrogens is 627 g/mol. The zero-order chi connectivity index (χ0) is 36.2. The molecule has 1 heteroatoms. The van der Waals surface area contributed by atoms with Gasteiger partial charge in [0.1, 0.15) is 0 Å². The standard InChI is InChI=1S/C51H45N/c1-9-18-32(10-2)34-27-37(33-19-12-11-13-20-33)48-40(28-34)39-31-44-38(30-45(39)51(48,7)8)36-26-25-35(29-43(36)50(44,5)6)52-46-23-16-14-21-41(46)49(3,4)42-22-15-17-24-47(42)52/h9-31H,1-2H2,3-8H3/b32-18+. The molecule has 1 nitrogen and oxygen atoms in total. The summed E-state index contributed by atoms with van der Waals surface area (Å²) in [6, 6.07) is 45.7. The summed E-state index contributed by atoms with van der Waals surface area (Å²) in [5, 5.41) is 0. The first-order valence-corrected chi connectivity index (χ1v) is 18.5. The number of nitrogens with zero attached hydrogens (tertiary/aromatic N) is 1. The molecule has 0 atom stereocenters. The zero-order valence-corrected chi connectivity index (χ0v) is 31.1. The molecule has 254 valence electrons. The van der Waals surface area contributed by atoms with Crippen LogP contribution >= 0.6 is 0 Å². The molecule has 0 bridgehead atoms. The molecule has 0 saturated heterocycles. The van der Waals surface area contributed by atoms with Crippen LogP contribution in [0.1, 0.15) is 80.5 Å². The summed E-state index contributed by atoms with van der Waals surface area (Å²) in [6.07, 6.45) is 5.86. The van der Waals surface area contributed by atoms with Crippen molar-refractivity contribution in [1.82, 2.24) is 0 Å². The highest BCUT2D eigenvalue weighted by atomic mass is 15.2. The van der Waals surface area contributed by atoms with Crippen molar-refractivity contribution in [3.63, 3.8) is 0 Å². The molecule has 0 amide bonds. The van der Waals surface area contributed by atoms with Gasteiger partial charge in [0.25, 0.3) is 0 Å². The minimum absolute atomic E-state index is 0.0896. The number of rotatable bonds is 5. The molecule has 9 rings (SSSR count). The van der Waals surface area contributed by atoms with E-state index in [4.69, 9.17) is 0 Å². The fraction of sp³-hybridized carbons (Fsp3) is 0.176. The molecule has 0 aromatic heterocycles. The Balaban J connectivity index is 1.23. The van der Waals surface area contributed by atoms with Crippen LogP contribution in [-0.4, -0.2) is 0 Å². The third-order valence-corrected chi connectivity index (χ3v) is 12.4. The summed E-state index contributed by atoms with van der Waals surface area (Å²) < 4.78 is 0. The largest absolute Gasteiger partial charge is 0.310 e. The van der Waals surface area contributed by atoms with E-state index >= 15 is 0 Å². The van der Waals surface area contributed by atoms with Crippen LogP contribution in [0.3, 0.4) is 0 Å². The molecule has 0 fully saturated rings. The van der Waals surface area contributed by atoms with Crippen molar-refractivity contribution in [2.75, 3.05) is 4.90 Å². The lowest BCUT2D eigenvalue weighted by Gasteiger charge is -2.42. The van der Waals surface area contributed by atoms with E-state index in [1.807, 2.05) is 12.2 Å². The van der Waals surface area contributed by atoms with Gasteiger partial charge in [-0.25, -0.2) is 0 Å². The average molecular weight is 672 g/mol. The Kier molecular flexibility index (Phi) is 6.93. The lowest BCUT2D eigenvalue weighted by Crippen LogP contribution is -2.30. The van der Waals surface area contributed by atoms with Gasteiger partial charge in [-0.15, -0.1) is 0 Å². The number of anilines is 3. The molecule has 6 aromatic rings. The highest BCUT2D eigenvalue weighted by molar-refractivity contribution is 5.96. The summed E-state index contributed by atoms with van der Waals surface area (Å²) >= 11 is 0. The van der Waals surface area contributed by atoms with Crippen molar-refractivity contribution >= 4 is 22.6 Å². The first kappa shape index (κ1) is 32.3. The monoisotopic (exact) mass is 671 g/mol. The van der Waals surface area contributed by atoms with Crippen LogP contribution in [0.25, 0.3) is 39.0 Å². The second-order valence-corrected chi connectivity index (χ2v) is 16.3.